The van der Waals surface area contributed by atoms with E-state index in [1.807, 2.05) is 38.4 Å². The van der Waals surface area contributed by atoms with Gasteiger partial charge in [-0.1, -0.05) is 18.6 Å². The summed E-state index contributed by atoms with van der Waals surface area (Å²) in [5.74, 6) is -1.20. The summed E-state index contributed by atoms with van der Waals surface area (Å²) in [6.07, 6.45) is 3.87. The smallest absolute Gasteiger partial charge is 0.321 e. The third-order valence-electron chi connectivity index (χ3n) is 5.81. The predicted octanol–water partition coefficient (Wildman–Crippen LogP) is 2.72. The topological polar surface area (TPSA) is 97.0 Å². The molecule has 8 heteroatoms. The lowest BCUT2D eigenvalue weighted by atomic mass is 9.68. The Morgan fingerprint density at radius 1 is 1.12 bits per heavy atom. The Morgan fingerprint density at radius 2 is 1.81 bits per heavy atom. The number of methoxy groups -OCH3 is 1. The van der Waals surface area contributed by atoms with E-state index < -0.39 is 23.3 Å². The first-order valence-corrected chi connectivity index (χ1v) is 11.3. The number of amides is 2. The second kappa shape index (κ2) is 12.6. The number of carbonyl (C=O) groups is 3. The van der Waals surface area contributed by atoms with Crippen molar-refractivity contribution in [3.05, 3.63) is 29.8 Å². The van der Waals surface area contributed by atoms with Crippen LogP contribution in [0.3, 0.4) is 0 Å². The molecule has 2 rings (SSSR count). The van der Waals surface area contributed by atoms with E-state index in [1.165, 1.54) is 0 Å². The van der Waals surface area contributed by atoms with Crippen molar-refractivity contribution in [3.8, 4) is 0 Å². The Bertz CT molecular complexity index is 759. The minimum atomic E-state index is -1.17. The van der Waals surface area contributed by atoms with Crippen LogP contribution in [0, 0.1) is 5.41 Å². The van der Waals surface area contributed by atoms with Gasteiger partial charge in [0.05, 0.1) is 13.2 Å². The summed E-state index contributed by atoms with van der Waals surface area (Å²) < 4.78 is 10.3. The lowest BCUT2D eigenvalue weighted by Crippen LogP contribution is -2.56. The standard InChI is InChI=1S/C24H37N3O5/c1-5-32-23(30)24(14-8-15-24)22(29)26-20(9-6-7-16-27(2)3)21(28)25-19-12-10-18(11-13-19)17-31-4/h10-13,20H,5-9,14-17H2,1-4H3,(H,25,28)(H,26,29). The van der Waals surface area contributed by atoms with Crippen LogP contribution in [0.2, 0.25) is 0 Å². The number of nitrogens with zero attached hydrogens (tertiary/aromatic N) is 1. The lowest BCUT2D eigenvalue weighted by molar-refractivity contribution is -0.167. The van der Waals surface area contributed by atoms with Gasteiger partial charge in [0.25, 0.3) is 0 Å². The van der Waals surface area contributed by atoms with E-state index in [0.29, 0.717) is 31.6 Å². The summed E-state index contributed by atoms with van der Waals surface area (Å²) in [4.78, 5) is 40.6. The van der Waals surface area contributed by atoms with E-state index >= 15 is 0 Å². The number of rotatable bonds is 13. The van der Waals surface area contributed by atoms with Gasteiger partial charge in [-0.25, -0.2) is 0 Å². The van der Waals surface area contributed by atoms with Gasteiger partial charge in [0.15, 0.2) is 0 Å². The molecule has 0 heterocycles. The highest BCUT2D eigenvalue weighted by Crippen LogP contribution is 2.42. The minimum Gasteiger partial charge on any atom is -0.465 e. The van der Waals surface area contributed by atoms with Gasteiger partial charge >= 0.3 is 5.97 Å². The van der Waals surface area contributed by atoms with E-state index in [-0.39, 0.29) is 12.5 Å². The minimum absolute atomic E-state index is 0.224. The van der Waals surface area contributed by atoms with Crippen LogP contribution in [0.15, 0.2) is 24.3 Å². The van der Waals surface area contributed by atoms with Crippen LogP contribution in [-0.4, -0.2) is 63.1 Å². The molecule has 1 unspecified atom stereocenters. The molecule has 8 nitrogen and oxygen atoms in total. The van der Waals surface area contributed by atoms with Crippen molar-refractivity contribution in [3.63, 3.8) is 0 Å². The number of unbranched alkanes of at least 4 members (excludes halogenated alkanes) is 1. The first-order chi connectivity index (χ1) is 15.3. The summed E-state index contributed by atoms with van der Waals surface area (Å²) in [7, 11) is 5.63. The molecule has 1 aromatic carbocycles. The average molecular weight is 448 g/mol. The highest BCUT2D eigenvalue weighted by Gasteiger charge is 2.52. The normalized spacial score (nSPS) is 15.5. The molecule has 0 saturated heterocycles. The Morgan fingerprint density at radius 3 is 2.34 bits per heavy atom. The summed E-state index contributed by atoms with van der Waals surface area (Å²) in [6.45, 7) is 3.34. The number of carbonyl (C=O) groups excluding carboxylic acids is 3. The number of ether oxygens (including phenoxy) is 2. The largest absolute Gasteiger partial charge is 0.465 e. The molecule has 0 aliphatic heterocycles. The van der Waals surface area contributed by atoms with Gasteiger partial charge in [0, 0.05) is 12.8 Å². The van der Waals surface area contributed by atoms with Crippen LogP contribution in [-0.2, 0) is 30.5 Å². The number of nitrogens with one attached hydrogen (secondary N) is 2. The first-order valence-electron chi connectivity index (χ1n) is 11.3. The molecule has 0 radical (unpaired) electrons. The van der Waals surface area contributed by atoms with Crippen LogP contribution in [0.1, 0.15) is 51.0 Å². The zero-order valence-electron chi connectivity index (χ0n) is 19.7. The molecule has 1 aliphatic carbocycles. The fourth-order valence-electron chi connectivity index (χ4n) is 3.75. The van der Waals surface area contributed by atoms with Gasteiger partial charge in [0.1, 0.15) is 11.5 Å². The van der Waals surface area contributed by atoms with Gasteiger partial charge in [0.2, 0.25) is 11.8 Å². The maximum atomic E-state index is 13.1. The highest BCUT2D eigenvalue weighted by atomic mass is 16.5. The fraction of sp³-hybridized carbons (Fsp3) is 0.625. The molecule has 2 N–H and O–H groups in total. The monoisotopic (exact) mass is 447 g/mol. The van der Waals surface area contributed by atoms with Crippen LogP contribution >= 0.6 is 0 Å². The van der Waals surface area contributed by atoms with Crippen LogP contribution in [0.25, 0.3) is 0 Å². The molecule has 1 aliphatic rings. The Hall–Kier alpha value is -2.45. The van der Waals surface area contributed by atoms with Gasteiger partial charge in [-0.3, -0.25) is 14.4 Å². The second-order valence-electron chi connectivity index (χ2n) is 8.60. The maximum absolute atomic E-state index is 13.1. The molecule has 2 amide bonds. The Balaban J connectivity index is 2.07. The zero-order valence-corrected chi connectivity index (χ0v) is 19.7. The van der Waals surface area contributed by atoms with Gasteiger partial charge in [-0.15, -0.1) is 0 Å². The molecule has 0 aromatic heterocycles. The van der Waals surface area contributed by atoms with Crippen molar-refractivity contribution in [1.29, 1.82) is 0 Å². The van der Waals surface area contributed by atoms with Crippen molar-refractivity contribution in [2.24, 2.45) is 5.41 Å². The molecule has 0 bridgehead atoms. The summed E-state index contributed by atoms with van der Waals surface area (Å²) in [6, 6.07) is 6.66. The number of hydrogen-bond acceptors (Lipinski definition) is 6. The fourth-order valence-corrected chi connectivity index (χ4v) is 3.75. The SMILES string of the molecule is CCOC(=O)C1(C(=O)NC(CCCCN(C)C)C(=O)Nc2ccc(COC)cc2)CCC1. The van der Waals surface area contributed by atoms with Crippen LogP contribution in [0.4, 0.5) is 5.69 Å². The van der Waals surface area contributed by atoms with Gasteiger partial charge in [-0.2, -0.15) is 0 Å². The van der Waals surface area contributed by atoms with Crippen LogP contribution < -0.4 is 10.6 Å². The molecule has 178 valence electrons. The maximum Gasteiger partial charge on any atom is 0.321 e. The number of hydrogen-bond donors (Lipinski definition) is 2. The highest BCUT2D eigenvalue weighted by molar-refractivity contribution is 6.06. The van der Waals surface area contributed by atoms with Crippen molar-refractivity contribution in [1.82, 2.24) is 10.2 Å². The quantitative estimate of drug-likeness (QED) is 0.274. The molecule has 1 aromatic rings. The van der Waals surface area contributed by atoms with Crippen molar-refractivity contribution in [2.45, 2.75) is 58.1 Å². The molecule has 1 saturated carbocycles. The Kier molecular flexibility index (Phi) is 10.1. The summed E-state index contributed by atoms with van der Waals surface area (Å²) in [5, 5.41) is 5.74. The molecular weight excluding hydrogens is 410 g/mol. The zero-order chi connectivity index (χ0) is 23.6. The van der Waals surface area contributed by atoms with Gasteiger partial charge < -0.3 is 25.0 Å². The molecule has 0 spiro atoms. The number of benzene rings is 1. The number of esters is 1. The summed E-state index contributed by atoms with van der Waals surface area (Å²) >= 11 is 0. The third kappa shape index (κ3) is 7.03. The third-order valence-corrected chi connectivity index (χ3v) is 5.81. The van der Waals surface area contributed by atoms with Crippen molar-refractivity contribution >= 4 is 23.5 Å². The van der Waals surface area contributed by atoms with E-state index in [1.54, 1.807) is 14.0 Å². The van der Waals surface area contributed by atoms with E-state index in [0.717, 1.165) is 31.4 Å². The second-order valence-corrected chi connectivity index (χ2v) is 8.60. The number of anilines is 1. The lowest BCUT2D eigenvalue weighted by Gasteiger charge is -2.38. The van der Waals surface area contributed by atoms with Gasteiger partial charge in [-0.05, 0) is 77.4 Å². The van der Waals surface area contributed by atoms with Crippen LogP contribution in [0.5, 0.6) is 0 Å². The Labute approximate surface area is 191 Å². The van der Waals surface area contributed by atoms with E-state index in [4.69, 9.17) is 9.47 Å². The van der Waals surface area contributed by atoms with Crippen molar-refractivity contribution < 1.29 is 23.9 Å². The molecule has 1 fully saturated rings. The molecule has 1 atom stereocenters. The van der Waals surface area contributed by atoms with E-state index in [9.17, 15) is 14.4 Å². The van der Waals surface area contributed by atoms with E-state index in [2.05, 4.69) is 15.5 Å². The predicted molar refractivity (Wildman–Crippen MR) is 123 cm³/mol. The summed E-state index contributed by atoms with van der Waals surface area (Å²) in [5.41, 5.74) is 0.478. The average Bonchev–Trinajstić information content (AvgIpc) is 2.71. The molecular formula is C24H37N3O5. The molecule has 32 heavy (non-hydrogen) atoms. The van der Waals surface area contributed by atoms with Crippen molar-refractivity contribution in [2.75, 3.05) is 39.7 Å². The first kappa shape index (κ1) is 25.8.